The summed E-state index contributed by atoms with van der Waals surface area (Å²) in [7, 11) is 0. The van der Waals surface area contributed by atoms with E-state index in [4.69, 9.17) is 17.3 Å². The maximum absolute atomic E-state index is 12.4. The Bertz CT molecular complexity index is 429. The van der Waals surface area contributed by atoms with E-state index in [9.17, 15) is 26.3 Å². The van der Waals surface area contributed by atoms with Gasteiger partial charge in [0.1, 0.15) is 0 Å². The quantitative estimate of drug-likeness (QED) is 0.780. The van der Waals surface area contributed by atoms with Crippen LogP contribution in [0.1, 0.15) is 23.6 Å². The van der Waals surface area contributed by atoms with Crippen molar-refractivity contribution in [3.05, 3.63) is 34.3 Å². The van der Waals surface area contributed by atoms with Crippen molar-refractivity contribution in [1.82, 2.24) is 0 Å². The maximum atomic E-state index is 12.4. The van der Waals surface area contributed by atoms with Gasteiger partial charge in [0.25, 0.3) is 0 Å². The summed E-state index contributed by atoms with van der Waals surface area (Å²) in [6, 6.07) is 0.616. The molecular weight excluding hydrogens is 319 g/mol. The Hall–Kier alpha value is -0.660. The normalized spacial score (nSPS) is 13.9. The average molecular weight is 328 g/mol. The molecule has 0 fully saturated rings. The molecule has 0 saturated carbocycles. The smallest absolute Gasteiger partial charge is 0.324 e. The second kappa shape index (κ2) is 6.19. The van der Waals surface area contributed by atoms with Crippen molar-refractivity contribution in [2.45, 2.75) is 24.8 Å². The van der Waals surface area contributed by atoms with Gasteiger partial charge in [0.05, 0.1) is 12.0 Å². The highest BCUT2D eigenvalue weighted by atomic mass is 35.5. The van der Waals surface area contributed by atoms with E-state index in [0.29, 0.717) is 12.1 Å². The highest BCUT2D eigenvalue weighted by molar-refractivity contribution is 6.30. The Morgan fingerprint density at radius 2 is 1.58 bits per heavy atom. The molecular formula is C10H9Cl2F6N. The predicted octanol–water partition coefficient (Wildman–Crippen LogP) is 4.73. The Balaban J connectivity index is 0.00000324. The first-order chi connectivity index (χ1) is 7.99. The van der Waals surface area contributed by atoms with Crippen molar-refractivity contribution in [3.8, 4) is 0 Å². The number of nitrogens with two attached hydrogens (primary N) is 1. The molecule has 0 aromatic heterocycles. The van der Waals surface area contributed by atoms with Gasteiger partial charge in [0.2, 0.25) is 0 Å². The third kappa shape index (κ3) is 5.88. The predicted molar refractivity (Wildman–Crippen MR) is 61.3 cm³/mol. The summed E-state index contributed by atoms with van der Waals surface area (Å²) in [4.78, 5) is 0. The van der Waals surface area contributed by atoms with Gasteiger partial charge in [-0.3, -0.25) is 0 Å². The fourth-order valence-corrected chi connectivity index (χ4v) is 1.60. The average Bonchev–Trinajstić information content (AvgIpc) is 2.12. The van der Waals surface area contributed by atoms with Gasteiger partial charge in [-0.2, -0.15) is 26.3 Å². The molecule has 0 aliphatic rings. The van der Waals surface area contributed by atoms with Crippen LogP contribution < -0.4 is 5.73 Å². The maximum Gasteiger partial charge on any atom is 0.416 e. The van der Waals surface area contributed by atoms with E-state index >= 15 is 0 Å². The van der Waals surface area contributed by atoms with Crippen molar-refractivity contribution in [1.29, 1.82) is 0 Å². The fourth-order valence-electron chi connectivity index (χ4n) is 1.36. The lowest BCUT2D eigenvalue weighted by molar-refractivity contribution is -0.138. The van der Waals surface area contributed by atoms with Crippen LogP contribution in [-0.2, 0) is 6.18 Å². The van der Waals surface area contributed by atoms with Gasteiger partial charge >= 0.3 is 12.4 Å². The lowest BCUT2D eigenvalue weighted by Gasteiger charge is -2.16. The van der Waals surface area contributed by atoms with E-state index in [-0.39, 0.29) is 23.0 Å². The van der Waals surface area contributed by atoms with Gasteiger partial charge in [-0.25, -0.2) is 0 Å². The second-order valence-corrected chi connectivity index (χ2v) is 4.13. The summed E-state index contributed by atoms with van der Waals surface area (Å²) in [6.45, 7) is 0. The molecule has 1 atom stereocenters. The molecule has 1 aromatic rings. The third-order valence-electron chi connectivity index (χ3n) is 2.13. The zero-order valence-corrected chi connectivity index (χ0v) is 10.7. The molecule has 19 heavy (non-hydrogen) atoms. The van der Waals surface area contributed by atoms with Crippen molar-refractivity contribution < 1.29 is 26.3 Å². The van der Waals surface area contributed by atoms with Crippen molar-refractivity contribution in [2.75, 3.05) is 0 Å². The number of halogens is 8. The Morgan fingerprint density at radius 3 is 2.00 bits per heavy atom. The van der Waals surface area contributed by atoms with Crippen LogP contribution in [0.15, 0.2) is 18.2 Å². The second-order valence-electron chi connectivity index (χ2n) is 3.70. The zero-order valence-electron chi connectivity index (χ0n) is 9.15. The summed E-state index contributed by atoms with van der Waals surface area (Å²) >= 11 is 5.43. The standard InChI is InChI=1S/C10H8ClF6N.ClH/c11-7-2-5(8(18)4-9(12,13)14)1-6(3-7)10(15,16)17;/h1-3,8H,4,18H2;1H/t8-;/m1./s1. The Morgan fingerprint density at radius 1 is 1.05 bits per heavy atom. The molecule has 1 aromatic carbocycles. The highest BCUT2D eigenvalue weighted by Gasteiger charge is 2.34. The molecule has 110 valence electrons. The topological polar surface area (TPSA) is 26.0 Å². The first-order valence-electron chi connectivity index (χ1n) is 4.69. The summed E-state index contributed by atoms with van der Waals surface area (Å²) in [5, 5.41) is -0.308. The number of benzene rings is 1. The van der Waals surface area contributed by atoms with Gasteiger partial charge in [0.15, 0.2) is 0 Å². The first-order valence-corrected chi connectivity index (χ1v) is 5.07. The number of hydrogen-bond donors (Lipinski definition) is 1. The minimum Gasteiger partial charge on any atom is -0.324 e. The summed E-state index contributed by atoms with van der Waals surface area (Å²) < 4.78 is 73.6. The molecule has 0 aliphatic heterocycles. The van der Waals surface area contributed by atoms with Gasteiger partial charge in [-0.15, -0.1) is 12.4 Å². The minimum absolute atomic E-state index is 0. The van der Waals surface area contributed by atoms with E-state index in [1.807, 2.05) is 0 Å². The molecule has 1 nitrogen and oxygen atoms in total. The van der Waals surface area contributed by atoms with Crippen LogP contribution in [0.4, 0.5) is 26.3 Å². The largest absolute Gasteiger partial charge is 0.416 e. The molecule has 0 bridgehead atoms. The molecule has 0 aliphatic carbocycles. The van der Waals surface area contributed by atoms with Crippen LogP contribution in [0.2, 0.25) is 5.02 Å². The molecule has 0 heterocycles. The summed E-state index contributed by atoms with van der Waals surface area (Å²) in [6.07, 6.45) is -10.7. The van der Waals surface area contributed by atoms with Gasteiger partial charge in [-0.05, 0) is 23.8 Å². The molecule has 0 unspecified atom stereocenters. The molecule has 0 radical (unpaired) electrons. The van der Waals surface area contributed by atoms with Crippen LogP contribution in [0.5, 0.6) is 0 Å². The van der Waals surface area contributed by atoms with Gasteiger partial charge < -0.3 is 5.73 Å². The highest BCUT2D eigenvalue weighted by Crippen LogP contribution is 2.35. The van der Waals surface area contributed by atoms with E-state index in [2.05, 4.69) is 0 Å². The van der Waals surface area contributed by atoms with E-state index in [0.717, 1.165) is 6.07 Å². The number of hydrogen-bond acceptors (Lipinski definition) is 1. The van der Waals surface area contributed by atoms with Gasteiger partial charge in [-0.1, -0.05) is 11.6 Å². The van der Waals surface area contributed by atoms with E-state index < -0.39 is 30.4 Å². The van der Waals surface area contributed by atoms with Crippen LogP contribution >= 0.6 is 24.0 Å². The van der Waals surface area contributed by atoms with Gasteiger partial charge in [0, 0.05) is 11.1 Å². The van der Waals surface area contributed by atoms with Crippen LogP contribution in [0, 0.1) is 0 Å². The monoisotopic (exact) mass is 327 g/mol. The van der Waals surface area contributed by atoms with Crippen molar-refractivity contribution in [3.63, 3.8) is 0 Å². The van der Waals surface area contributed by atoms with Crippen LogP contribution in [0.3, 0.4) is 0 Å². The summed E-state index contributed by atoms with van der Waals surface area (Å²) in [5.74, 6) is 0. The molecule has 0 spiro atoms. The van der Waals surface area contributed by atoms with Crippen LogP contribution in [-0.4, -0.2) is 6.18 Å². The fraction of sp³-hybridized carbons (Fsp3) is 0.400. The third-order valence-corrected chi connectivity index (χ3v) is 2.35. The lowest BCUT2D eigenvalue weighted by Crippen LogP contribution is -2.20. The van der Waals surface area contributed by atoms with Crippen molar-refractivity contribution in [2.24, 2.45) is 5.73 Å². The lowest BCUT2D eigenvalue weighted by atomic mass is 10.0. The van der Waals surface area contributed by atoms with E-state index in [1.54, 1.807) is 0 Å². The molecule has 2 N–H and O–H groups in total. The van der Waals surface area contributed by atoms with Crippen LogP contribution in [0.25, 0.3) is 0 Å². The minimum atomic E-state index is -4.68. The van der Waals surface area contributed by atoms with Crippen molar-refractivity contribution >= 4 is 24.0 Å². The molecule has 0 amide bonds. The Labute approximate surface area is 116 Å². The molecule has 0 saturated heterocycles. The molecule has 9 heteroatoms. The first kappa shape index (κ1) is 18.3. The summed E-state index contributed by atoms with van der Waals surface area (Å²) in [5.41, 5.74) is 3.79. The Kier molecular flexibility index (Phi) is 5.98. The number of alkyl halides is 6. The SMILES string of the molecule is Cl.N[C@H](CC(F)(F)F)c1cc(Cl)cc(C(F)(F)F)c1. The van der Waals surface area contributed by atoms with E-state index in [1.165, 1.54) is 0 Å². The molecule has 1 rings (SSSR count). The zero-order chi connectivity index (χ0) is 14.1. The number of rotatable bonds is 2.